The Morgan fingerprint density at radius 2 is 1.44 bits per heavy atom. The standard InChI is InChI=1S/C10H22.C4H5NO/c1-3-5-7-9-10-8-6-4-2;1-4-5-2-3-6-4/h3-10H2,1-2H3;2-3H,1H3. The molecule has 1 rings (SSSR count). The van der Waals surface area contributed by atoms with E-state index >= 15 is 0 Å². The molecule has 0 aromatic carbocycles. The molecule has 0 saturated heterocycles. The van der Waals surface area contributed by atoms with E-state index in [1.807, 2.05) is 0 Å². The molecule has 2 nitrogen and oxygen atoms in total. The van der Waals surface area contributed by atoms with E-state index in [1.165, 1.54) is 51.4 Å². The van der Waals surface area contributed by atoms with Crippen molar-refractivity contribution < 1.29 is 4.42 Å². The van der Waals surface area contributed by atoms with Gasteiger partial charge in [-0.3, -0.25) is 0 Å². The van der Waals surface area contributed by atoms with Crippen molar-refractivity contribution in [1.29, 1.82) is 0 Å². The van der Waals surface area contributed by atoms with Crippen LogP contribution >= 0.6 is 0 Å². The highest BCUT2D eigenvalue weighted by Gasteiger charge is 1.87. The van der Waals surface area contributed by atoms with E-state index in [0.717, 1.165) is 5.89 Å². The molecule has 94 valence electrons. The van der Waals surface area contributed by atoms with Crippen LogP contribution in [0, 0.1) is 6.92 Å². The lowest BCUT2D eigenvalue weighted by atomic mass is 10.1. The van der Waals surface area contributed by atoms with Gasteiger partial charge in [-0.25, -0.2) is 4.98 Å². The Kier molecular flexibility index (Phi) is 11.7. The van der Waals surface area contributed by atoms with E-state index < -0.39 is 0 Å². The zero-order valence-electron chi connectivity index (χ0n) is 11.2. The minimum atomic E-state index is 0.718. The molecule has 0 saturated carbocycles. The first-order valence-corrected chi connectivity index (χ1v) is 6.67. The maximum absolute atomic E-state index is 4.72. The third-order valence-corrected chi connectivity index (χ3v) is 2.51. The van der Waals surface area contributed by atoms with Gasteiger partial charge in [0.05, 0.1) is 6.20 Å². The maximum atomic E-state index is 4.72. The average Bonchev–Trinajstić information content (AvgIpc) is 2.75. The summed E-state index contributed by atoms with van der Waals surface area (Å²) in [5.74, 6) is 0.718. The molecule has 0 N–H and O–H groups in total. The van der Waals surface area contributed by atoms with E-state index in [1.54, 1.807) is 19.4 Å². The summed E-state index contributed by atoms with van der Waals surface area (Å²) >= 11 is 0. The lowest BCUT2D eigenvalue weighted by Gasteiger charge is -1.97. The average molecular weight is 225 g/mol. The fraction of sp³-hybridized carbons (Fsp3) is 0.786. The minimum absolute atomic E-state index is 0.718. The quantitative estimate of drug-likeness (QED) is 0.601. The molecule has 1 aromatic rings. The third kappa shape index (κ3) is 11.3. The van der Waals surface area contributed by atoms with Gasteiger partial charge in [-0.05, 0) is 0 Å². The molecule has 1 aromatic heterocycles. The number of nitrogens with zero attached hydrogens (tertiary/aromatic N) is 1. The molecule has 0 unspecified atom stereocenters. The van der Waals surface area contributed by atoms with Crippen molar-refractivity contribution in [3.05, 3.63) is 18.4 Å². The second-order valence-electron chi connectivity index (χ2n) is 4.17. The van der Waals surface area contributed by atoms with Crippen LogP contribution in [0.2, 0.25) is 0 Å². The van der Waals surface area contributed by atoms with Gasteiger partial charge >= 0.3 is 0 Å². The summed E-state index contributed by atoms with van der Waals surface area (Å²) in [6.07, 6.45) is 14.6. The van der Waals surface area contributed by atoms with Crippen LogP contribution in [-0.4, -0.2) is 4.98 Å². The molecule has 0 amide bonds. The van der Waals surface area contributed by atoms with Gasteiger partial charge in [0.25, 0.3) is 0 Å². The normalized spacial score (nSPS) is 9.69. The Balaban J connectivity index is 0.000000315. The van der Waals surface area contributed by atoms with Crippen LogP contribution in [-0.2, 0) is 0 Å². The molecular formula is C14H27NO. The van der Waals surface area contributed by atoms with E-state index in [4.69, 9.17) is 4.42 Å². The van der Waals surface area contributed by atoms with Crippen molar-refractivity contribution in [2.45, 2.75) is 72.1 Å². The smallest absolute Gasteiger partial charge is 0.190 e. The van der Waals surface area contributed by atoms with Crippen LogP contribution in [0.15, 0.2) is 16.9 Å². The topological polar surface area (TPSA) is 26.0 Å². The summed E-state index contributed by atoms with van der Waals surface area (Å²) in [5.41, 5.74) is 0. The summed E-state index contributed by atoms with van der Waals surface area (Å²) in [4.78, 5) is 3.75. The Hall–Kier alpha value is -0.790. The largest absolute Gasteiger partial charge is 0.449 e. The molecule has 16 heavy (non-hydrogen) atoms. The molecule has 0 aliphatic carbocycles. The second-order valence-corrected chi connectivity index (χ2v) is 4.17. The highest BCUT2D eigenvalue weighted by molar-refractivity contribution is 4.72. The molecule has 0 atom stereocenters. The Morgan fingerprint density at radius 1 is 0.938 bits per heavy atom. The van der Waals surface area contributed by atoms with Gasteiger partial charge in [-0.1, -0.05) is 65.2 Å². The molecule has 0 spiro atoms. The highest BCUT2D eigenvalue weighted by Crippen LogP contribution is 2.07. The van der Waals surface area contributed by atoms with Crippen molar-refractivity contribution >= 4 is 0 Å². The Bertz CT molecular complexity index is 199. The molecule has 0 bridgehead atoms. The van der Waals surface area contributed by atoms with Crippen LogP contribution in [0.4, 0.5) is 0 Å². The number of unbranched alkanes of at least 4 members (excludes halogenated alkanes) is 7. The van der Waals surface area contributed by atoms with Crippen LogP contribution < -0.4 is 0 Å². The SMILES string of the molecule is CCCCCCCCCC.Cc1ncco1. The number of rotatable bonds is 7. The fourth-order valence-electron chi connectivity index (χ4n) is 1.50. The lowest BCUT2D eigenvalue weighted by Crippen LogP contribution is -1.77. The van der Waals surface area contributed by atoms with E-state index in [-0.39, 0.29) is 0 Å². The molecule has 1 heterocycles. The van der Waals surface area contributed by atoms with Gasteiger partial charge in [0.2, 0.25) is 0 Å². The van der Waals surface area contributed by atoms with Crippen LogP contribution in [0.3, 0.4) is 0 Å². The number of oxazole rings is 1. The predicted octanol–water partition coefficient (Wildman–Crippen LogP) is 5.13. The first-order valence-electron chi connectivity index (χ1n) is 6.67. The Morgan fingerprint density at radius 3 is 1.69 bits per heavy atom. The monoisotopic (exact) mass is 225 g/mol. The van der Waals surface area contributed by atoms with Crippen molar-refractivity contribution in [3.63, 3.8) is 0 Å². The molecular weight excluding hydrogens is 198 g/mol. The van der Waals surface area contributed by atoms with Gasteiger partial charge in [-0.2, -0.15) is 0 Å². The molecule has 2 heteroatoms. The lowest BCUT2D eigenvalue weighted by molar-refractivity contribution is 0.521. The van der Waals surface area contributed by atoms with Crippen LogP contribution in [0.5, 0.6) is 0 Å². The predicted molar refractivity (Wildman–Crippen MR) is 69.5 cm³/mol. The number of aromatic nitrogens is 1. The summed E-state index contributed by atoms with van der Waals surface area (Å²) in [6.45, 7) is 6.35. The Labute approximate surface area is 100 Å². The fourth-order valence-corrected chi connectivity index (χ4v) is 1.50. The second kappa shape index (κ2) is 12.3. The molecule has 0 radical (unpaired) electrons. The summed E-state index contributed by atoms with van der Waals surface area (Å²) < 4.78 is 4.72. The minimum Gasteiger partial charge on any atom is -0.449 e. The van der Waals surface area contributed by atoms with Gasteiger partial charge < -0.3 is 4.42 Å². The number of aryl methyl sites for hydroxylation is 1. The van der Waals surface area contributed by atoms with E-state index in [0.29, 0.717) is 0 Å². The number of hydrogen-bond acceptors (Lipinski definition) is 2. The van der Waals surface area contributed by atoms with Gasteiger partial charge in [0.15, 0.2) is 5.89 Å². The van der Waals surface area contributed by atoms with E-state index in [2.05, 4.69) is 18.8 Å². The van der Waals surface area contributed by atoms with Crippen LogP contribution in [0.25, 0.3) is 0 Å². The van der Waals surface area contributed by atoms with Crippen molar-refractivity contribution in [1.82, 2.24) is 4.98 Å². The first-order chi connectivity index (χ1) is 7.81. The zero-order chi connectivity index (χ0) is 12.1. The van der Waals surface area contributed by atoms with Gasteiger partial charge in [0.1, 0.15) is 6.26 Å². The molecule has 0 aliphatic heterocycles. The van der Waals surface area contributed by atoms with Crippen molar-refractivity contribution in [2.24, 2.45) is 0 Å². The highest BCUT2D eigenvalue weighted by atomic mass is 16.3. The summed E-state index contributed by atoms with van der Waals surface area (Å²) in [7, 11) is 0. The van der Waals surface area contributed by atoms with Gasteiger partial charge in [-0.15, -0.1) is 0 Å². The number of hydrogen-bond donors (Lipinski definition) is 0. The summed E-state index contributed by atoms with van der Waals surface area (Å²) in [5, 5.41) is 0. The van der Waals surface area contributed by atoms with Gasteiger partial charge in [0, 0.05) is 6.92 Å². The molecule has 0 fully saturated rings. The van der Waals surface area contributed by atoms with Crippen molar-refractivity contribution in [3.8, 4) is 0 Å². The maximum Gasteiger partial charge on any atom is 0.190 e. The summed E-state index contributed by atoms with van der Waals surface area (Å²) in [6, 6.07) is 0. The first kappa shape index (κ1) is 15.2. The third-order valence-electron chi connectivity index (χ3n) is 2.51. The van der Waals surface area contributed by atoms with E-state index in [9.17, 15) is 0 Å². The van der Waals surface area contributed by atoms with Crippen LogP contribution in [0.1, 0.15) is 71.1 Å². The molecule has 0 aliphatic rings. The zero-order valence-corrected chi connectivity index (χ0v) is 11.2. The van der Waals surface area contributed by atoms with Crippen molar-refractivity contribution in [2.75, 3.05) is 0 Å².